The Morgan fingerprint density at radius 1 is 1.03 bits per heavy atom. The van der Waals surface area contributed by atoms with Gasteiger partial charge in [0.15, 0.2) is 11.6 Å². The Hall–Kier alpha value is -3.64. The number of amides is 1. The van der Waals surface area contributed by atoms with E-state index in [9.17, 15) is 4.79 Å². The maximum atomic E-state index is 13.5. The molecule has 0 spiro atoms. The largest absolute Gasteiger partial charge is 0.494 e. The number of ether oxygens (including phenoxy) is 2. The molecular formula is C27H26N2O4. The van der Waals surface area contributed by atoms with E-state index >= 15 is 0 Å². The summed E-state index contributed by atoms with van der Waals surface area (Å²) in [5.41, 5.74) is 2.73. The number of aliphatic imine (C=N–C) groups is 1. The van der Waals surface area contributed by atoms with E-state index in [2.05, 4.69) is 5.32 Å². The minimum atomic E-state index is -1.10. The first-order chi connectivity index (χ1) is 16.2. The average Bonchev–Trinajstić information content (AvgIpc) is 3.19. The number of carbonyl (C=O) groups excluding carboxylic acids is 1. The Kier molecular flexibility index (Phi) is 5.84. The van der Waals surface area contributed by atoms with Crippen LogP contribution < -0.4 is 10.1 Å². The van der Waals surface area contributed by atoms with Crippen molar-refractivity contribution < 1.29 is 19.4 Å². The molecule has 3 aromatic carbocycles. The summed E-state index contributed by atoms with van der Waals surface area (Å²) < 4.78 is 12.1. The maximum absolute atomic E-state index is 13.5. The minimum Gasteiger partial charge on any atom is -0.494 e. The fourth-order valence-corrected chi connectivity index (χ4v) is 4.45. The van der Waals surface area contributed by atoms with Gasteiger partial charge in [-0.1, -0.05) is 54.6 Å². The average molecular weight is 443 g/mol. The van der Waals surface area contributed by atoms with Gasteiger partial charge in [0.2, 0.25) is 5.90 Å². The molecule has 2 N–H and O–H groups in total. The van der Waals surface area contributed by atoms with Gasteiger partial charge in [-0.3, -0.25) is 4.79 Å². The highest BCUT2D eigenvalue weighted by molar-refractivity contribution is 6.01. The van der Waals surface area contributed by atoms with Crippen molar-refractivity contribution in [2.45, 2.75) is 31.0 Å². The number of aliphatic hydroxyl groups excluding tert-OH is 1. The Bertz CT molecular complexity index is 1160. The Balaban J connectivity index is 1.53. The maximum Gasteiger partial charge on any atom is 0.252 e. The van der Waals surface area contributed by atoms with Crippen LogP contribution in [0.2, 0.25) is 0 Å². The molecule has 33 heavy (non-hydrogen) atoms. The molecule has 0 bridgehead atoms. The lowest BCUT2D eigenvalue weighted by Gasteiger charge is -2.28. The highest BCUT2D eigenvalue weighted by Gasteiger charge is 2.54. The van der Waals surface area contributed by atoms with Crippen LogP contribution in [0.25, 0.3) is 0 Å². The molecule has 168 valence electrons. The highest BCUT2D eigenvalue weighted by atomic mass is 16.5. The summed E-state index contributed by atoms with van der Waals surface area (Å²) in [4.78, 5) is 18.5. The van der Waals surface area contributed by atoms with Crippen molar-refractivity contribution >= 4 is 11.8 Å². The van der Waals surface area contributed by atoms with Gasteiger partial charge in [0.1, 0.15) is 5.75 Å². The van der Waals surface area contributed by atoms with Gasteiger partial charge in [-0.15, -0.1) is 0 Å². The molecule has 2 aliphatic rings. The van der Waals surface area contributed by atoms with Gasteiger partial charge in [-0.2, -0.15) is 0 Å². The Morgan fingerprint density at radius 3 is 2.58 bits per heavy atom. The van der Waals surface area contributed by atoms with Crippen LogP contribution in [0.15, 0.2) is 83.9 Å². The molecule has 0 saturated heterocycles. The van der Waals surface area contributed by atoms with Gasteiger partial charge in [-0.05, 0) is 35.4 Å². The quantitative estimate of drug-likeness (QED) is 0.548. The van der Waals surface area contributed by atoms with Gasteiger partial charge in [0.05, 0.1) is 6.61 Å². The summed E-state index contributed by atoms with van der Waals surface area (Å²) in [5.74, 6) is 1.03. The van der Waals surface area contributed by atoms with Crippen LogP contribution in [0.4, 0.5) is 0 Å². The van der Waals surface area contributed by atoms with Gasteiger partial charge >= 0.3 is 0 Å². The van der Waals surface area contributed by atoms with Crippen LogP contribution in [0.5, 0.6) is 5.75 Å². The highest BCUT2D eigenvalue weighted by Crippen LogP contribution is 2.44. The molecule has 1 amide bonds. The molecule has 6 heteroatoms. The minimum absolute atomic E-state index is 0.0944. The monoisotopic (exact) mass is 442 g/mol. The van der Waals surface area contributed by atoms with Crippen molar-refractivity contribution in [3.8, 4) is 5.75 Å². The van der Waals surface area contributed by atoms with Crippen LogP contribution >= 0.6 is 0 Å². The van der Waals surface area contributed by atoms with E-state index < -0.39 is 11.6 Å². The molecule has 5 rings (SSSR count). The van der Waals surface area contributed by atoms with Crippen LogP contribution in [-0.2, 0) is 22.5 Å². The molecule has 2 atom stereocenters. The zero-order chi connectivity index (χ0) is 22.7. The molecule has 0 fully saturated rings. The normalized spacial score (nSPS) is 21.2. The summed E-state index contributed by atoms with van der Waals surface area (Å²) in [6, 6.07) is 25.4. The number of aliphatic hydroxyl groups is 1. The van der Waals surface area contributed by atoms with E-state index in [1.807, 2.05) is 78.9 Å². The zero-order valence-electron chi connectivity index (χ0n) is 18.2. The van der Waals surface area contributed by atoms with Crippen LogP contribution in [0.3, 0.4) is 0 Å². The molecule has 0 unspecified atom stereocenters. The molecular weight excluding hydrogens is 416 g/mol. The molecule has 0 saturated carbocycles. The van der Waals surface area contributed by atoms with Crippen LogP contribution in [-0.4, -0.2) is 35.7 Å². The first-order valence-corrected chi connectivity index (χ1v) is 11.2. The number of hydrogen-bond acceptors (Lipinski definition) is 5. The molecule has 2 heterocycles. The van der Waals surface area contributed by atoms with Crippen molar-refractivity contribution in [2.75, 3.05) is 13.2 Å². The van der Waals surface area contributed by atoms with Crippen molar-refractivity contribution in [1.29, 1.82) is 0 Å². The zero-order valence-corrected chi connectivity index (χ0v) is 18.2. The van der Waals surface area contributed by atoms with E-state index in [1.165, 1.54) is 0 Å². The third kappa shape index (κ3) is 4.10. The lowest BCUT2D eigenvalue weighted by atomic mass is 9.82. The Labute approximate surface area is 192 Å². The number of fused-ring (bicyclic) bond motifs is 3. The van der Waals surface area contributed by atoms with Crippen molar-refractivity contribution in [2.24, 2.45) is 4.99 Å². The van der Waals surface area contributed by atoms with Gasteiger partial charge in [0, 0.05) is 37.1 Å². The Morgan fingerprint density at radius 2 is 1.79 bits per heavy atom. The summed E-state index contributed by atoms with van der Waals surface area (Å²) >= 11 is 0. The standard InChI is InChI=1S/C27H26N2O4/c30-15-6-16-32-22-13-11-20(12-14-22)25-29-27(17-19-7-2-1-3-8-19)24(33-25)23-10-5-4-9-21(23)18-28-26(27)31/h1-5,7-14,24,30H,6,15-18H2,(H,28,31)/t24-,27-/m1/s1. The summed E-state index contributed by atoms with van der Waals surface area (Å²) in [6.07, 6.45) is 0.493. The lowest BCUT2D eigenvalue weighted by Crippen LogP contribution is -2.47. The first kappa shape index (κ1) is 21.2. The number of carbonyl (C=O) groups is 1. The van der Waals surface area contributed by atoms with Crippen molar-refractivity contribution in [3.63, 3.8) is 0 Å². The topological polar surface area (TPSA) is 80.2 Å². The molecule has 2 aliphatic heterocycles. The van der Waals surface area contributed by atoms with Gasteiger partial charge in [0.25, 0.3) is 5.91 Å². The summed E-state index contributed by atoms with van der Waals surface area (Å²) in [6.45, 7) is 1.000. The fraction of sp³-hybridized carbons (Fsp3) is 0.259. The molecule has 3 aromatic rings. The number of rotatable bonds is 7. The van der Waals surface area contributed by atoms with E-state index in [4.69, 9.17) is 19.6 Å². The molecule has 6 nitrogen and oxygen atoms in total. The van der Waals surface area contributed by atoms with E-state index in [1.54, 1.807) is 0 Å². The number of nitrogens with one attached hydrogen (secondary N) is 1. The van der Waals surface area contributed by atoms with Crippen molar-refractivity contribution in [1.82, 2.24) is 5.32 Å². The van der Waals surface area contributed by atoms with Crippen LogP contribution in [0, 0.1) is 0 Å². The van der Waals surface area contributed by atoms with Gasteiger partial charge < -0.3 is 19.9 Å². The fourth-order valence-electron chi connectivity index (χ4n) is 4.45. The third-order valence-corrected chi connectivity index (χ3v) is 6.12. The van der Waals surface area contributed by atoms with E-state index in [0.717, 1.165) is 22.3 Å². The van der Waals surface area contributed by atoms with Crippen molar-refractivity contribution in [3.05, 3.63) is 101 Å². The van der Waals surface area contributed by atoms with E-state index in [0.29, 0.717) is 37.6 Å². The first-order valence-electron chi connectivity index (χ1n) is 11.2. The number of benzene rings is 3. The lowest BCUT2D eigenvalue weighted by molar-refractivity contribution is -0.128. The smallest absolute Gasteiger partial charge is 0.252 e. The second-order valence-electron chi connectivity index (χ2n) is 8.33. The van der Waals surface area contributed by atoms with E-state index in [-0.39, 0.29) is 12.5 Å². The summed E-state index contributed by atoms with van der Waals surface area (Å²) in [7, 11) is 0. The third-order valence-electron chi connectivity index (χ3n) is 6.12. The number of nitrogens with zero attached hydrogens (tertiary/aromatic N) is 1. The molecule has 0 radical (unpaired) electrons. The summed E-state index contributed by atoms with van der Waals surface area (Å²) in [5, 5.41) is 12.0. The molecule has 0 aliphatic carbocycles. The number of hydrogen-bond donors (Lipinski definition) is 2. The predicted molar refractivity (Wildman–Crippen MR) is 125 cm³/mol. The predicted octanol–water partition coefficient (Wildman–Crippen LogP) is 3.58. The van der Waals surface area contributed by atoms with Crippen LogP contribution in [0.1, 0.15) is 34.8 Å². The van der Waals surface area contributed by atoms with Gasteiger partial charge in [-0.25, -0.2) is 4.99 Å². The SMILES string of the molecule is O=C1NCc2ccccc2[C@H]2OC(c3ccc(OCCCO)cc3)=N[C@@]12Cc1ccccc1. The second kappa shape index (κ2) is 9.08. The second-order valence-corrected chi connectivity index (χ2v) is 8.33. The molecule has 0 aromatic heterocycles.